The van der Waals surface area contributed by atoms with Crippen LogP contribution in [-0.2, 0) is 0 Å². The van der Waals surface area contributed by atoms with Gasteiger partial charge in [-0.2, -0.15) is 0 Å². The van der Waals surface area contributed by atoms with Crippen molar-refractivity contribution in [2.75, 3.05) is 0 Å². The molecular weight excluding hydrogens is 680 g/mol. The third-order valence-electron chi connectivity index (χ3n) is 8.60. The molecule has 42 heavy (non-hydrogen) atoms. The van der Waals surface area contributed by atoms with E-state index in [1.807, 2.05) is 22.7 Å². The van der Waals surface area contributed by atoms with Gasteiger partial charge in [0.15, 0.2) is 0 Å². The van der Waals surface area contributed by atoms with Gasteiger partial charge in [0.25, 0.3) is 0 Å². The smallest absolute Gasteiger partial charge is 0.0705 e. The molecule has 1 aliphatic rings. The Morgan fingerprint density at radius 3 is 1.33 bits per heavy atom. The monoisotopic (exact) mass is 722 g/mol. The summed E-state index contributed by atoms with van der Waals surface area (Å²) < 4.78 is 2.38. The van der Waals surface area contributed by atoms with E-state index in [1.54, 1.807) is 5.57 Å². The predicted molar refractivity (Wildman–Crippen MR) is 196 cm³/mol. The second kappa shape index (κ2) is 16.0. The first-order chi connectivity index (χ1) is 20.6. The lowest BCUT2D eigenvalue weighted by Gasteiger charge is -2.16. The van der Waals surface area contributed by atoms with Gasteiger partial charge in [-0.1, -0.05) is 108 Å². The first-order valence-electron chi connectivity index (χ1n) is 16.1. The van der Waals surface area contributed by atoms with Gasteiger partial charge in [-0.05, 0) is 133 Å². The molecule has 0 fully saturated rings. The van der Waals surface area contributed by atoms with Crippen LogP contribution in [0.1, 0.15) is 115 Å². The van der Waals surface area contributed by atoms with Crippen LogP contribution in [0.2, 0.25) is 0 Å². The summed E-state index contributed by atoms with van der Waals surface area (Å²) in [7, 11) is 0. The van der Waals surface area contributed by atoms with E-state index >= 15 is 0 Å². The zero-order valence-electron chi connectivity index (χ0n) is 25.2. The second-order valence-electron chi connectivity index (χ2n) is 11.7. The molecule has 0 saturated heterocycles. The zero-order valence-corrected chi connectivity index (χ0v) is 30.1. The Labute approximate surface area is 278 Å². The zero-order chi connectivity index (χ0) is 29.3. The molecule has 4 aromatic rings. The molecule has 0 amide bonds. The van der Waals surface area contributed by atoms with Crippen molar-refractivity contribution < 1.29 is 0 Å². The fourth-order valence-electron chi connectivity index (χ4n) is 6.36. The summed E-state index contributed by atoms with van der Waals surface area (Å²) >= 11 is 11.0. The van der Waals surface area contributed by atoms with Crippen LogP contribution in [0.5, 0.6) is 0 Å². The lowest BCUT2D eigenvalue weighted by molar-refractivity contribution is 0.584. The highest BCUT2D eigenvalue weighted by atomic mass is 79.9. The fraction of sp³-hybridized carbons (Fsp3) is 0.421. The van der Waals surface area contributed by atoms with Crippen LogP contribution in [0.3, 0.4) is 0 Å². The maximum Gasteiger partial charge on any atom is 0.0705 e. The summed E-state index contributed by atoms with van der Waals surface area (Å²) in [5, 5.41) is 0. The minimum absolute atomic E-state index is 1.19. The van der Waals surface area contributed by atoms with Crippen molar-refractivity contribution in [1.29, 1.82) is 0 Å². The maximum absolute atomic E-state index is 3.69. The van der Waals surface area contributed by atoms with Crippen LogP contribution < -0.4 is 0 Å². The van der Waals surface area contributed by atoms with Crippen LogP contribution in [0.4, 0.5) is 0 Å². The number of halogens is 2. The Morgan fingerprint density at radius 1 is 0.500 bits per heavy atom. The third kappa shape index (κ3) is 7.97. The standard InChI is InChI=1S/C38H44Br2S2/c1-3-5-7-9-11-13-15-27(16-14-12-10-8-6-4-2)38-32-25-28(34-21-23-36(39)41-34)17-19-30(32)31-20-18-29(26-33(31)38)35-22-24-37(40)42-35/h17-26H,3-16H2,1-2H3. The second-order valence-corrected chi connectivity index (χ2v) is 16.7. The molecular formula is C38H44Br2S2. The highest BCUT2D eigenvalue weighted by molar-refractivity contribution is 9.11. The predicted octanol–water partition coefficient (Wildman–Crippen LogP) is 15.0. The largest absolute Gasteiger partial charge is 0.128 e. The van der Waals surface area contributed by atoms with E-state index < -0.39 is 0 Å². The number of unbranched alkanes of at least 4 members (excludes halogenated alkanes) is 10. The Bertz CT molecular complexity index is 1380. The molecule has 2 aromatic heterocycles. The molecule has 0 nitrogen and oxygen atoms in total. The van der Waals surface area contributed by atoms with Crippen LogP contribution >= 0.6 is 54.5 Å². The van der Waals surface area contributed by atoms with Crippen molar-refractivity contribution in [3.8, 4) is 32.0 Å². The molecule has 0 saturated carbocycles. The molecule has 0 aliphatic heterocycles. The number of allylic oxidation sites excluding steroid dienone is 1. The lowest BCUT2D eigenvalue weighted by Crippen LogP contribution is -1.95. The molecule has 0 atom stereocenters. The molecule has 0 radical (unpaired) electrons. The molecule has 2 aromatic carbocycles. The van der Waals surface area contributed by atoms with Gasteiger partial charge in [0.1, 0.15) is 0 Å². The number of hydrogen-bond acceptors (Lipinski definition) is 2. The topological polar surface area (TPSA) is 0 Å². The average Bonchev–Trinajstić information content (AvgIpc) is 3.72. The molecule has 4 heteroatoms. The van der Waals surface area contributed by atoms with Crippen LogP contribution in [0.15, 0.2) is 73.8 Å². The van der Waals surface area contributed by atoms with E-state index in [4.69, 9.17) is 0 Å². The van der Waals surface area contributed by atoms with Crippen LogP contribution in [0, 0.1) is 0 Å². The van der Waals surface area contributed by atoms with Crippen molar-refractivity contribution >= 4 is 60.1 Å². The van der Waals surface area contributed by atoms with Crippen molar-refractivity contribution in [3.63, 3.8) is 0 Å². The van der Waals surface area contributed by atoms with Gasteiger partial charge < -0.3 is 0 Å². The number of hydrogen-bond donors (Lipinski definition) is 0. The van der Waals surface area contributed by atoms with Crippen molar-refractivity contribution in [1.82, 2.24) is 0 Å². The Morgan fingerprint density at radius 2 is 0.929 bits per heavy atom. The highest BCUT2D eigenvalue weighted by Crippen LogP contribution is 2.50. The Kier molecular flexibility index (Phi) is 12.2. The van der Waals surface area contributed by atoms with Gasteiger partial charge in [-0.25, -0.2) is 0 Å². The van der Waals surface area contributed by atoms with E-state index in [2.05, 4.69) is 106 Å². The normalized spacial score (nSPS) is 12.1. The molecule has 0 bridgehead atoms. The molecule has 0 N–H and O–H groups in total. The van der Waals surface area contributed by atoms with E-state index in [9.17, 15) is 0 Å². The number of rotatable bonds is 16. The molecule has 222 valence electrons. The quantitative estimate of drug-likeness (QED) is 0.0889. The summed E-state index contributed by atoms with van der Waals surface area (Å²) in [4.78, 5) is 2.66. The van der Waals surface area contributed by atoms with Gasteiger partial charge in [0.2, 0.25) is 0 Å². The summed E-state index contributed by atoms with van der Waals surface area (Å²) in [6.45, 7) is 4.62. The van der Waals surface area contributed by atoms with Crippen molar-refractivity contribution in [2.45, 2.75) is 104 Å². The van der Waals surface area contributed by atoms with E-state index in [1.165, 1.54) is 146 Å². The van der Waals surface area contributed by atoms with E-state index in [0.29, 0.717) is 0 Å². The van der Waals surface area contributed by atoms with Crippen LogP contribution in [0.25, 0.3) is 37.6 Å². The van der Waals surface area contributed by atoms with Gasteiger partial charge in [-0.15, -0.1) is 22.7 Å². The molecule has 5 rings (SSSR count). The van der Waals surface area contributed by atoms with Crippen molar-refractivity contribution in [2.24, 2.45) is 0 Å². The maximum atomic E-state index is 3.69. The summed E-state index contributed by atoms with van der Waals surface area (Å²) in [5.41, 5.74) is 11.6. The van der Waals surface area contributed by atoms with Gasteiger partial charge >= 0.3 is 0 Å². The minimum atomic E-state index is 1.19. The van der Waals surface area contributed by atoms with Gasteiger partial charge in [0.05, 0.1) is 7.57 Å². The minimum Gasteiger partial charge on any atom is -0.128 e. The van der Waals surface area contributed by atoms with Crippen LogP contribution in [-0.4, -0.2) is 0 Å². The molecule has 0 spiro atoms. The molecule has 0 unspecified atom stereocenters. The average molecular weight is 725 g/mol. The Balaban J connectivity index is 1.54. The van der Waals surface area contributed by atoms with Gasteiger partial charge in [-0.3, -0.25) is 0 Å². The number of fused-ring (bicyclic) bond motifs is 3. The summed E-state index contributed by atoms with van der Waals surface area (Å²) in [6.07, 6.45) is 18.6. The highest BCUT2D eigenvalue weighted by Gasteiger charge is 2.27. The summed E-state index contributed by atoms with van der Waals surface area (Å²) in [5.74, 6) is 0. The number of thiophene rings is 2. The number of benzene rings is 2. The van der Waals surface area contributed by atoms with Crippen molar-refractivity contribution in [3.05, 3.63) is 84.9 Å². The lowest BCUT2D eigenvalue weighted by atomic mass is 9.89. The fourth-order valence-corrected chi connectivity index (χ4v) is 9.12. The van der Waals surface area contributed by atoms with E-state index in [0.717, 1.165) is 0 Å². The molecule has 1 aliphatic carbocycles. The SMILES string of the molecule is CCCCCCCCC(CCCCCCCC)=C1c2cc(-c3ccc(Br)s3)ccc2-c2ccc(-c3ccc(Br)s3)cc21. The van der Waals surface area contributed by atoms with E-state index in [-0.39, 0.29) is 0 Å². The molecule has 2 heterocycles. The summed E-state index contributed by atoms with van der Waals surface area (Å²) in [6, 6.07) is 23.3. The third-order valence-corrected chi connectivity index (χ3v) is 11.9. The van der Waals surface area contributed by atoms with Gasteiger partial charge in [0, 0.05) is 9.75 Å². The Hall–Kier alpha value is -1.46. The first-order valence-corrected chi connectivity index (χ1v) is 19.3. The first kappa shape index (κ1) is 31.9.